The van der Waals surface area contributed by atoms with E-state index in [9.17, 15) is 25.0 Å². The highest BCUT2D eigenvalue weighted by molar-refractivity contribution is 7.80. The molecule has 1 aliphatic rings. The van der Waals surface area contributed by atoms with Gasteiger partial charge in [-0.05, 0) is 49.3 Å². The first-order chi connectivity index (χ1) is 14.3. The third-order valence-corrected chi connectivity index (χ3v) is 4.95. The molecule has 30 heavy (non-hydrogen) atoms. The van der Waals surface area contributed by atoms with Crippen LogP contribution in [0.5, 0.6) is 0 Å². The van der Waals surface area contributed by atoms with Crippen molar-refractivity contribution in [3.8, 4) is 0 Å². The molecule has 2 N–H and O–H groups in total. The molecule has 0 radical (unpaired) electrons. The Balaban J connectivity index is 1.76. The molecule has 156 valence electrons. The molecule has 0 unspecified atom stereocenters. The summed E-state index contributed by atoms with van der Waals surface area (Å²) in [7, 11) is 0. The van der Waals surface area contributed by atoms with Crippen LogP contribution in [-0.4, -0.2) is 34.0 Å². The number of rotatable bonds is 5. The van der Waals surface area contributed by atoms with Gasteiger partial charge in [0, 0.05) is 35.8 Å². The van der Waals surface area contributed by atoms with Gasteiger partial charge in [0.05, 0.1) is 9.85 Å². The zero-order chi connectivity index (χ0) is 21.8. The van der Waals surface area contributed by atoms with Crippen LogP contribution < -0.4 is 15.5 Å². The molecule has 0 atom stereocenters. The summed E-state index contributed by atoms with van der Waals surface area (Å²) in [6.45, 7) is 1.44. The van der Waals surface area contributed by atoms with Crippen molar-refractivity contribution in [3.05, 3.63) is 67.2 Å². The van der Waals surface area contributed by atoms with Gasteiger partial charge >= 0.3 is 0 Å². The Morgan fingerprint density at radius 1 is 1.03 bits per heavy atom. The lowest BCUT2D eigenvalue weighted by Gasteiger charge is -2.18. The first-order valence-electron chi connectivity index (χ1n) is 8.86. The molecule has 0 spiro atoms. The molecule has 1 saturated heterocycles. The number of amides is 1. The van der Waals surface area contributed by atoms with Crippen LogP contribution in [0.4, 0.5) is 22.7 Å². The summed E-state index contributed by atoms with van der Waals surface area (Å²) in [5.74, 6) is -0.680. The Morgan fingerprint density at radius 2 is 1.70 bits per heavy atom. The molecule has 1 fully saturated rings. The molecule has 2 aromatic rings. The third-order valence-electron chi connectivity index (χ3n) is 4.51. The van der Waals surface area contributed by atoms with Gasteiger partial charge in [-0.3, -0.25) is 30.3 Å². The summed E-state index contributed by atoms with van der Waals surface area (Å²) in [5, 5.41) is 27.5. The summed E-state index contributed by atoms with van der Waals surface area (Å²) in [5.41, 5.74) is 0.0671. The van der Waals surface area contributed by atoms with Crippen molar-refractivity contribution in [2.24, 2.45) is 0 Å². The van der Waals surface area contributed by atoms with Crippen molar-refractivity contribution in [2.75, 3.05) is 23.3 Å². The molecule has 10 nitrogen and oxygen atoms in total. The van der Waals surface area contributed by atoms with Gasteiger partial charge < -0.3 is 10.2 Å². The van der Waals surface area contributed by atoms with Gasteiger partial charge in [0.15, 0.2) is 5.11 Å². The molecule has 0 bridgehead atoms. The molecule has 0 saturated carbocycles. The monoisotopic (exact) mass is 449 g/mol. The first kappa shape index (κ1) is 21.4. The lowest BCUT2D eigenvalue weighted by molar-refractivity contribution is -0.384. The highest BCUT2D eigenvalue weighted by Crippen LogP contribution is 2.32. The molecule has 0 aliphatic carbocycles. The van der Waals surface area contributed by atoms with E-state index >= 15 is 0 Å². The van der Waals surface area contributed by atoms with Gasteiger partial charge in [-0.25, -0.2) is 0 Å². The number of thiocarbonyl (C=S) groups is 1. The van der Waals surface area contributed by atoms with Crippen LogP contribution in [0.2, 0.25) is 5.02 Å². The fourth-order valence-corrected chi connectivity index (χ4v) is 3.50. The van der Waals surface area contributed by atoms with E-state index in [-0.39, 0.29) is 32.8 Å². The number of carbonyl (C=O) groups is 1. The van der Waals surface area contributed by atoms with Crippen molar-refractivity contribution < 1.29 is 14.6 Å². The molecule has 12 heteroatoms. The van der Waals surface area contributed by atoms with Crippen molar-refractivity contribution in [1.82, 2.24) is 5.32 Å². The second kappa shape index (κ2) is 9.01. The number of hydrogen-bond acceptors (Lipinski definition) is 7. The largest absolute Gasteiger partial charge is 0.366 e. The Kier molecular flexibility index (Phi) is 6.43. The van der Waals surface area contributed by atoms with Crippen molar-refractivity contribution in [2.45, 2.75) is 12.8 Å². The molecule has 1 aliphatic heterocycles. The first-order valence-corrected chi connectivity index (χ1v) is 9.64. The number of hydrogen-bond donors (Lipinski definition) is 2. The highest BCUT2D eigenvalue weighted by atomic mass is 35.5. The highest BCUT2D eigenvalue weighted by Gasteiger charge is 2.24. The van der Waals surface area contributed by atoms with Crippen molar-refractivity contribution in [1.29, 1.82) is 0 Å². The van der Waals surface area contributed by atoms with Gasteiger partial charge in [-0.15, -0.1) is 0 Å². The van der Waals surface area contributed by atoms with Gasteiger partial charge in [0.1, 0.15) is 11.4 Å². The Bertz CT molecular complexity index is 1040. The predicted octanol–water partition coefficient (Wildman–Crippen LogP) is 3.88. The standard InChI is InChI=1S/C18H16ClN5O5S/c19-12-4-5-13(15(10-12)23(26)27)20-18(30)21-17(25)11-3-6-14(16(9-11)24(28)29)22-7-1-2-8-22/h3-6,9-10H,1-2,7-8H2,(H2,20,21,25,30). The van der Waals surface area contributed by atoms with Crippen LogP contribution in [0.15, 0.2) is 36.4 Å². The van der Waals surface area contributed by atoms with Gasteiger partial charge in [-0.1, -0.05) is 11.6 Å². The summed E-state index contributed by atoms with van der Waals surface area (Å²) in [6, 6.07) is 8.14. The quantitative estimate of drug-likeness (QED) is 0.399. The number of halogens is 1. The maximum atomic E-state index is 12.5. The van der Waals surface area contributed by atoms with Gasteiger partial charge in [0.25, 0.3) is 17.3 Å². The summed E-state index contributed by atoms with van der Waals surface area (Å²) >= 11 is 10.8. The minimum absolute atomic E-state index is 0.0411. The smallest absolute Gasteiger partial charge is 0.294 e. The average molecular weight is 450 g/mol. The zero-order valence-corrected chi connectivity index (χ0v) is 17.0. The maximum Gasteiger partial charge on any atom is 0.294 e. The summed E-state index contributed by atoms with van der Waals surface area (Å²) < 4.78 is 0. The molecule has 3 rings (SSSR count). The molecular weight excluding hydrogens is 434 g/mol. The fraction of sp³-hybridized carbons (Fsp3) is 0.222. The second-order valence-corrected chi connectivity index (χ2v) is 7.33. The van der Waals surface area contributed by atoms with Gasteiger partial charge in [-0.2, -0.15) is 0 Å². The molecule has 0 aromatic heterocycles. The van der Waals surface area contributed by atoms with E-state index in [1.54, 1.807) is 6.07 Å². The predicted molar refractivity (Wildman–Crippen MR) is 116 cm³/mol. The van der Waals surface area contributed by atoms with Crippen LogP contribution >= 0.6 is 23.8 Å². The van der Waals surface area contributed by atoms with E-state index < -0.39 is 15.8 Å². The van der Waals surface area contributed by atoms with Gasteiger partial charge in [0.2, 0.25) is 0 Å². The van der Waals surface area contributed by atoms with E-state index in [1.807, 2.05) is 4.90 Å². The Labute approximate surface area is 181 Å². The Morgan fingerprint density at radius 3 is 2.33 bits per heavy atom. The van der Waals surface area contributed by atoms with Crippen LogP contribution in [0, 0.1) is 20.2 Å². The minimum Gasteiger partial charge on any atom is -0.366 e. The number of carbonyl (C=O) groups excluding carboxylic acids is 1. The SMILES string of the molecule is O=C(NC(=S)Nc1ccc(Cl)cc1[N+](=O)[O-])c1ccc(N2CCCC2)c([N+](=O)[O-])c1. The number of benzene rings is 2. The number of nitrogens with one attached hydrogen (secondary N) is 2. The van der Waals surface area contributed by atoms with Crippen LogP contribution in [-0.2, 0) is 0 Å². The lowest BCUT2D eigenvalue weighted by atomic mass is 10.1. The number of nitro benzene ring substituents is 2. The number of nitrogens with zero attached hydrogens (tertiary/aromatic N) is 3. The molecule has 2 aromatic carbocycles. The average Bonchev–Trinajstić information content (AvgIpc) is 3.23. The van der Waals surface area contributed by atoms with E-state index in [0.29, 0.717) is 5.69 Å². The molecule has 1 heterocycles. The van der Waals surface area contributed by atoms with Crippen LogP contribution in [0.25, 0.3) is 0 Å². The van der Waals surface area contributed by atoms with E-state index in [2.05, 4.69) is 10.6 Å². The van der Waals surface area contributed by atoms with E-state index in [4.69, 9.17) is 23.8 Å². The molecule has 1 amide bonds. The van der Waals surface area contributed by atoms with Crippen LogP contribution in [0.1, 0.15) is 23.2 Å². The summed E-state index contributed by atoms with van der Waals surface area (Å²) in [6.07, 6.45) is 1.91. The number of anilines is 2. The summed E-state index contributed by atoms with van der Waals surface area (Å²) in [4.78, 5) is 35.9. The topological polar surface area (TPSA) is 131 Å². The fourth-order valence-electron chi connectivity index (χ4n) is 3.13. The number of nitro groups is 2. The second-order valence-electron chi connectivity index (χ2n) is 6.48. The van der Waals surface area contributed by atoms with E-state index in [0.717, 1.165) is 32.0 Å². The lowest BCUT2D eigenvalue weighted by Crippen LogP contribution is -2.34. The molecular formula is C18H16ClN5O5S. The third kappa shape index (κ3) is 4.81. The minimum atomic E-state index is -0.680. The van der Waals surface area contributed by atoms with Crippen molar-refractivity contribution in [3.63, 3.8) is 0 Å². The van der Waals surface area contributed by atoms with E-state index in [1.165, 1.54) is 24.3 Å². The van der Waals surface area contributed by atoms with Crippen LogP contribution in [0.3, 0.4) is 0 Å². The zero-order valence-electron chi connectivity index (χ0n) is 15.5. The Hall–Kier alpha value is -3.31. The normalized spacial score (nSPS) is 13.0. The maximum absolute atomic E-state index is 12.5. The van der Waals surface area contributed by atoms with Crippen molar-refractivity contribution >= 4 is 57.6 Å².